The zero-order valence-corrected chi connectivity index (χ0v) is 7.62. The molecule has 0 aliphatic heterocycles. The third-order valence-electron chi connectivity index (χ3n) is 1.70. The van der Waals surface area contributed by atoms with Gasteiger partial charge in [0.15, 0.2) is 5.75 Å². The molecule has 2 nitrogen and oxygen atoms in total. The molecule has 0 aliphatic rings. The Balaban J connectivity index is 2.93. The van der Waals surface area contributed by atoms with E-state index in [4.69, 9.17) is 17.3 Å². The van der Waals surface area contributed by atoms with Crippen molar-refractivity contribution < 1.29 is 5.11 Å². The van der Waals surface area contributed by atoms with E-state index in [0.29, 0.717) is 10.7 Å². The third kappa shape index (κ3) is 0.940. The Morgan fingerprint density at radius 3 is 2.92 bits per heavy atom. The average Bonchev–Trinajstić information content (AvgIpc) is 2.41. The fraction of sp³-hybridized carbons (Fsp3) is 0. The van der Waals surface area contributed by atoms with Crippen molar-refractivity contribution in [3.8, 4) is 5.75 Å². The minimum atomic E-state index is 0.129. The van der Waals surface area contributed by atoms with Gasteiger partial charge in [0.2, 0.25) is 0 Å². The van der Waals surface area contributed by atoms with Crippen molar-refractivity contribution in [3.63, 3.8) is 0 Å². The topological polar surface area (TPSA) is 46.2 Å². The number of nitrogen functional groups attached to an aromatic ring is 1. The van der Waals surface area contributed by atoms with Crippen LogP contribution in [0.3, 0.4) is 0 Å². The van der Waals surface area contributed by atoms with Gasteiger partial charge in [0.25, 0.3) is 0 Å². The Labute approximate surface area is 78.2 Å². The maximum Gasteiger partial charge on any atom is 0.156 e. The average molecular weight is 200 g/mol. The van der Waals surface area contributed by atoms with Gasteiger partial charge in [0.1, 0.15) is 0 Å². The molecule has 1 heterocycles. The monoisotopic (exact) mass is 199 g/mol. The molecule has 62 valence electrons. The van der Waals surface area contributed by atoms with E-state index in [-0.39, 0.29) is 5.75 Å². The normalized spacial score (nSPS) is 10.8. The van der Waals surface area contributed by atoms with Crippen LogP contribution < -0.4 is 5.73 Å². The fourth-order valence-electron chi connectivity index (χ4n) is 1.07. The van der Waals surface area contributed by atoms with Crippen LogP contribution in [0.25, 0.3) is 10.1 Å². The van der Waals surface area contributed by atoms with Crippen molar-refractivity contribution in [2.75, 3.05) is 5.73 Å². The van der Waals surface area contributed by atoms with Gasteiger partial charge >= 0.3 is 0 Å². The van der Waals surface area contributed by atoms with Gasteiger partial charge in [0, 0.05) is 10.8 Å². The molecular formula is C8H6ClNOS. The quantitative estimate of drug-likeness (QED) is 0.506. The van der Waals surface area contributed by atoms with Crippen molar-refractivity contribution in [2.24, 2.45) is 0 Å². The van der Waals surface area contributed by atoms with Crippen molar-refractivity contribution in [1.29, 1.82) is 0 Å². The summed E-state index contributed by atoms with van der Waals surface area (Å²) in [5.41, 5.74) is 5.90. The number of phenols is 1. The predicted octanol–water partition coefficient (Wildman–Crippen LogP) is 2.84. The van der Waals surface area contributed by atoms with Gasteiger partial charge < -0.3 is 10.8 Å². The van der Waals surface area contributed by atoms with Crippen molar-refractivity contribution in [3.05, 3.63) is 22.5 Å². The summed E-state index contributed by atoms with van der Waals surface area (Å²) in [5.74, 6) is 0.129. The number of thiophene rings is 1. The second-order valence-electron chi connectivity index (χ2n) is 2.46. The summed E-state index contributed by atoms with van der Waals surface area (Å²) >= 11 is 7.25. The first-order valence-corrected chi connectivity index (χ1v) is 4.60. The van der Waals surface area contributed by atoms with Crippen LogP contribution in [0.1, 0.15) is 0 Å². The van der Waals surface area contributed by atoms with Gasteiger partial charge in [-0.05, 0) is 12.1 Å². The number of hydrogen-bond acceptors (Lipinski definition) is 3. The van der Waals surface area contributed by atoms with E-state index in [0.717, 1.165) is 10.1 Å². The summed E-state index contributed by atoms with van der Waals surface area (Å²) in [7, 11) is 0. The van der Waals surface area contributed by atoms with Crippen LogP contribution in [0.15, 0.2) is 17.5 Å². The van der Waals surface area contributed by atoms with Crippen molar-refractivity contribution in [1.82, 2.24) is 0 Å². The highest BCUT2D eigenvalue weighted by molar-refractivity contribution is 7.18. The molecule has 0 saturated heterocycles. The molecule has 0 fully saturated rings. The molecule has 0 atom stereocenters. The molecular weight excluding hydrogens is 194 g/mol. The van der Waals surface area contributed by atoms with Crippen LogP contribution in [0.2, 0.25) is 5.02 Å². The van der Waals surface area contributed by atoms with Crippen molar-refractivity contribution >= 4 is 38.7 Å². The van der Waals surface area contributed by atoms with E-state index in [1.165, 1.54) is 11.3 Å². The lowest BCUT2D eigenvalue weighted by Crippen LogP contribution is -1.83. The zero-order chi connectivity index (χ0) is 8.72. The van der Waals surface area contributed by atoms with Crippen LogP contribution in [0, 0.1) is 0 Å². The largest absolute Gasteiger partial charge is 0.504 e. The van der Waals surface area contributed by atoms with Crippen LogP contribution in [-0.4, -0.2) is 5.11 Å². The van der Waals surface area contributed by atoms with Gasteiger partial charge in [-0.2, -0.15) is 0 Å². The van der Waals surface area contributed by atoms with Crippen LogP contribution in [0.5, 0.6) is 5.75 Å². The number of aromatic hydroxyl groups is 1. The number of anilines is 1. The lowest BCUT2D eigenvalue weighted by Gasteiger charge is -1.98. The van der Waals surface area contributed by atoms with E-state index in [1.54, 1.807) is 11.4 Å². The minimum absolute atomic E-state index is 0.129. The summed E-state index contributed by atoms with van der Waals surface area (Å²) in [4.78, 5) is 0. The molecule has 12 heavy (non-hydrogen) atoms. The highest BCUT2D eigenvalue weighted by Crippen LogP contribution is 2.38. The van der Waals surface area contributed by atoms with E-state index in [2.05, 4.69) is 0 Å². The van der Waals surface area contributed by atoms with E-state index in [9.17, 15) is 5.11 Å². The Bertz CT molecular complexity index is 438. The summed E-state index contributed by atoms with van der Waals surface area (Å²) in [6.45, 7) is 0. The maximum atomic E-state index is 9.50. The van der Waals surface area contributed by atoms with E-state index in [1.807, 2.05) is 6.07 Å². The number of nitrogens with two attached hydrogens (primary N) is 1. The number of hydrogen-bond donors (Lipinski definition) is 2. The lowest BCUT2D eigenvalue weighted by atomic mass is 10.2. The molecule has 0 bridgehead atoms. The number of fused-ring (bicyclic) bond motifs is 1. The molecule has 4 heteroatoms. The summed E-state index contributed by atoms with van der Waals surface area (Å²) in [6.07, 6.45) is 0. The van der Waals surface area contributed by atoms with E-state index >= 15 is 0 Å². The number of phenolic OH excluding ortho intramolecular Hbond substituents is 1. The highest BCUT2D eigenvalue weighted by atomic mass is 35.5. The molecule has 0 aliphatic carbocycles. The third-order valence-corrected chi connectivity index (χ3v) is 3.14. The van der Waals surface area contributed by atoms with Crippen LogP contribution in [0.4, 0.5) is 5.69 Å². The molecule has 0 radical (unpaired) electrons. The van der Waals surface area contributed by atoms with Gasteiger partial charge in [-0.1, -0.05) is 11.6 Å². The molecule has 0 unspecified atom stereocenters. The number of benzene rings is 1. The second kappa shape index (κ2) is 2.54. The molecule has 0 saturated carbocycles. The van der Waals surface area contributed by atoms with Gasteiger partial charge in [-0.15, -0.1) is 11.3 Å². The molecule has 1 aromatic heterocycles. The molecule has 2 rings (SSSR count). The second-order valence-corrected chi connectivity index (χ2v) is 3.75. The summed E-state index contributed by atoms with van der Waals surface area (Å²) in [5, 5.41) is 12.8. The molecule has 1 aromatic carbocycles. The standard InChI is InChI=1S/C8H6ClNOS/c9-5-3-12-8-4(5)1-2-6(10)7(8)11/h1-3,11H,10H2. The smallest absolute Gasteiger partial charge is 0.156 e. The van der Waals surface area contributed by atoms with Crippen LogP contribution in [-0.2, 0) is 0 Å². The minimum Gasteiger partial charge on any atom is -0.504 e. The Kier molecular flexibility index (Phi) is 1.63. The highest BCUT2D eigenvalue weighted by Gasteiger charge is 2.07. The number of halogens is 1. The Hall–Kier alpha value is -0.930. The molecule has 3 N–H and O–H groups in total. The van der Waals surface area contributed by atoms with E-state index < -0.39 is 0 Å². The Morgan fingerprint density at radius 1 is 1.42 bits per heavy atom. The van der Waals surface area contributed by atoms with Crippen LogP contribution >= 0.6 is 22.9 Å². The molecule has 0 amide bonds. The van der Waals surface area contributed by atoms with Gasteiger partial charge in [-0.25, -0.2) is 0 Å². The molecule has 2 aromatic rings. The predicted molar refractivity (Wildman–Crippen MR) is 52.9 cm³/mol. The maximum absolute atomic E-state index is 9.50. The first-order valence-electron chi connectivity index (χ1n) is 3.34. The fourth-order valence-corrected chi connectivity index (χ4v) is 2.30. The first kappa shape index (κ1) is 7.71. The SMILES string of the molecule is Nc1ccc2c(Cl)csc2c1O. The van der Waals surface area contributed by atoms with Crippen molar-refractivity contribution in [2.45, 2.75) is 0 Å². The number of rotatable bonds is 0. The lowest BCUT2D eigenvalue weighted by molar-refractivity contribution is 0.485. The van der Waals surface area contributed by atoms with Gasteiger partial charge in [-0.3, -0.25) is 0 Å². The zero-order valence-electron chi connectivity index (χ0n) is 6.04. The molecule has 0 spiro atoms. The first-order chi connectivity index (χ1) is 5.70. The van der Waals surface area contributed by atoms with Gasteiger partial charge in [0.05, 0.1) is 15.4 Å². The Morgan fingerprint density at radius 2 is 2.17 bits per heavy atom. The summed E-state index contributed by atoms with van der Waals surface area (Å²) < 4.78 is 0.750. The summed E-state index contributed by atoms with van der Waals surface area (Å²) in [6, 6.07) is 3.46.